The molecule has 3 rings (SSSR count). The molecule has 2 aliphatic rings. The van der Waals surface area contributed by atoms with Crippen LogP contribution in [0.25, 0.3) is 0 Å². The number of likely N-dealkylation sites (tertiary alicyclic amines) is 1. The van der Waals surface area contributed by atoms with E-state index in [9.17, 15) is 9.59 Å². The van der Waals surface area contributed by atoms with Crippen LogP contribution < -0.4 is 4.90 Å². The summed E-state index contributed by atoms with van der Waals surface area (Å²) in [7, 11) is 1.74. The zero-order valence-corrected chi connectivity index (χ0v) is 14.1. The highest BCUT2D eigenvalue weighted by molar-refractivity contribution is 6.33. The van der Waals surface area contributed by atoms with Gasteiger partial charge >= 0.3 is 0 Å². The summed E-state index contributed by atoms with van der Waals surface area (Å²) in [6, 6.07) is 7.50. The molecule has 0 aliphatic carbocycles. The van der Waals surface area contributed by atoms with E-state index < -0.39 is 0 Å². The number of piperazine rings is 1. The zero-order chi connectivity index (χ0) is 16.4. The van der Waals surface area contributed by atoms with Gasteiger partial charge < -0.3 is 14.7 Å². The fourth-order valence-electron chi connectivity index (χ4n) is 3.37. The van der Waals surface area contributed by atoms with Gasteiger partial charge in [0.05, 0.1) is 10.7 Å². The second-order valence-corrected chi connectivity index (χ2v) is 6.58. The van der Waals surface area contributed by atoms with Crippen LogP contribution in [0.15, 0.2) is 24.3 Å². The molecule has 2 amide bonds. The molecular formula is C17H22ClN3O2. The second kappa shape index (κ2) is 6.79. The van der Waals surface area contributed by atoms with Crippen molar-refractivity contribution in [1.29, 1.82) is 0 Å². The van der Waals surface area contributed by atoms with E-state index in [-0.39, 0.29) is 17.9 Å². The number of para-hydroxylation sites is 1. The molecule has 2 saturated heterocycles. The van der Waals surface area contributed by atoms with Crippen LogP contribution in [0.5, 0.6) is 0 Å². The van der Waals surface area contributed by atoms with E-state index in [1.165, 1.54) is 0 Å². The Morgan fingerprint density at radius 3 is 2.57 bits per heavy atom. The van der Waals surface area contributed by atoms with E-state index in [1.54, 1.807) is 11.9 Å². The normalized spacial score (nSPS) is 22.4. The highest BCUT2D eigenvalue weighted by atomic mass is 35.5. The lowest BCUT2D eigenvalue weighted by Gasteiger charge is -2.40. The van der Waals surface area contributed by atoms with Crippen LogP contribution >= 0.6 is 11.6 Å². The smallest absolute Gasteiger partial charge is 0.245 e. The maximum atomic E-state index is 12.7. The van der Waals surface area contributed by atoms with Crippen molar-refractivity contribution >= 4 is 29.1 Å². The molecule has 2 aliphatic heterocycles. The largest absolute Gasteiger partial charge is 0.367 e. The van der Waals surface area contributed by atoms with Gasteiger partial charge in [-0.2, -0.15) is 0 Å². The van der Waals surface area contributed by atoms with Crippen molar-refractivity contribution in [1.82, 2.24) is 9.80 Å². The van der Waals surface area contributed by atoms with Crippen LogP contribution in [0, 0.1) is 0 Å². The molecule has 2 heterocycles. The van der Waals surface area contributed by atoms with Gasteiger partial charge in [0.2, 0.25) is 11.8 Å². The summed E-state index contributed by atoms with van der Waals surface area (Å²) >= 11 is 6.25. The molecular weight excluding hydrogens is 314 g/mol. The lowest BCUT2D eigenvalue weighted by Crippen LogP contribution is -2.56. The quantitative estimate of drug-likeness (QED) is 0.830. The molecule has 1 unspecified atom stereocenters. The van der Waals surface area contributed by atoms with E-state index in [0.29, 0.717) is 19.5 Å². The summed E-state index contributed by atoms with van der Waals surface area (Å²) in [5.41, 5.74) is 1.02. The summed E-state index contributed by atoms with van der Waals surface area (Å²) in [4.78, 5) is 30.2. The number of hydrogen-bond donors (Lipinski definition) is 0. The molecule has 1 atom stereocenters. The van der Waals surface area contributed by atoms with Crippen LogP contribution in [-0.2, 0) is 9.59 Å². The van der Waals surface area contributed by atoms with Gasteiger partial charge in [-0.05, 0) is 25.0 Å². The Balaban J connectivity index is 1.61. The number of amides is 2. The number of anilines is 1. The van der Waals surface area contributed by atoms with Crippen molar-refractivity contribution in [3.63, 3.8) is 0 Å². The number of likely N-dealkylation sites (N-methyl/N-ethyl adjacent to an activating group) is 1. The minimum atomic E-state index is -0.289. The molecule has 5 nitrogen and oxygen atoms in total. The molecule has 0 N–H and O–H groups in total. The molecule has 6 heteroatoms. The maximum Gasteiger partial charge on any atom is 0.245 e. The molecule has 0 aromatic heterocycles. The van der Waals surface area contributed by atoms with E-state index in [2.05, 4.69) is 4.90 Å². The average molecular weight is 336 g/mol. The number of piperidine rings is 1. The number of halogens is 1. The molecule has 1 aromatic rings. The van der Waals surface area contributed by atoms with Gasteiger partial charge in [-0.3, -0.25) is 9.59 Å². The Hall–Kier alpha value is -1.75. The van der Waals surface area contributed by atoms with Crippen LogP contribution in [0.2, 0.25) is 5.02 Å². The van der Waals surface area contributed by atoms with Gasteiger partial charge in [-0.15, -0.1) is 0 Å². The maximum absolute atomic E-state index is 12.7. The zero-order valence-electron chi connectivity index (χ0n) is 13.4. The minimum absolute atomic E-state index is 0.0734. The summed E-state index contributed by atoms with van der Waals surface area (Å²) in [6.45, 7) is 2.87. The van der Waals surface area contributed by atoms with Crippen molar-refractivity contribution in [2.24, 2.45) is 0 Å². The Morgan fingerprint density at radius 1 is 1.17 bits per heavy atom. The van der Waals surface area contributed by atoms with Gasteiger partial charge in [0.15, 0.2) is 0 Å². The Bertz CT molecular complexity index is 599. The third-order valence-corrected chi connectivity index (χ3v) is 5.12. The number of rotatable bonds is 2. The molecule has 0 radical (unpaired) electrons. The molecule has 0 spiro atoms. The number of nitrogens with zero attached hydrogens (tertiary/aromatic N) is 3. The highest BCUT2D eigenvalue weighted by Crippen LogP contribution is 2.26. The Morgan fingerprint density at radius 2 is 1.87 bits per heavy atom. The SMILES string of the molecule is CN1C(=O)CCCC1C(=O)N1CCN(c2ccccc2Cl)CC1. The molecule has 0 saturated carbocycles. The van der Waals surface area contributed by atoms with Crippen LogP contribution in [0.3, 0.4) is 0 Å². The van der Waals surface area contributed by atoms with Crippen molar-refractivity contribution < 1.29 is 9.59 Å². The summed E-state index contributed by atoms with van der Waals surface area (Å²) in [6.07, 6.45) is 2.13. The highest BCUT2D eigenvalue weighted by Gasteiger charge is 2.34. The van der Waals surface area contributed by atoms with Gasteiger partial charge in [-0.25, -0.2) is 0 Å². The first-order valence-electron chi connectivity index (χ1n) is 8.12. The summed E-state index contributed by atoms with van der Waals surface area (Å²) < 4.78 is 0. The fraction of sp³-hybridized carbons (Fsp3) is 0.529. The van der Waals surface area contributed by atoms with Crippen molar-refractivity contribution in [3.05, 3.63) is 29.3 Å². The monoisotopic (exact) mass is 335 g/mol. The van der Waals surface area contributed by atoms with Gasteiger partial charge in [0.25, 0.3) is 0 Å². The van der Waals surface area contributed by atoms with Crippen LogP contribution in [0.1, 0.15) is 19.3 Å². The van der Waals surface area contributed by atoms with E-state index >= 15 is 0 Å². The Kier molecular flexibility index (Phi) is 4.76. The van der Waals surface area contributed by atoms with E-state index in [4.69, 9.17) is 11.6 Å². The van der Waals surface area contributed by atoms with Crippen molar-refractivity contribution in [2.75, 3.05) is 38.1 Å². The molecule has 23 heavy (non-hydrogen) atoms. The average Bonchev–Trinajstić information content (AvgIpc) is 2.57. The predicted octanol–water partition coefficient (Wildman–Crippen LogP) is 2.00. The van der Waals surface area contributed by atoms with Gasteiger partial charge in [0, 0.05) is 39.6 Å². The topological polar surface area (TPSA) is 43.9 Å². The lowest BCUT2D eigenvalue weighted by atomic mass is 10.0. The first-order chi connectivity index (χ1) is 11.1. The molecule has 1 aromatic carbocycles. The first kappa shape index (κ1) is 16.1. The summed E-state index contributed by atoms with van der Waals surface area (Å²) in [5, 5.41) is 0.741. The number of hydrogen-bond acceptors (Lipinski definition) is 3. The van der Waals surface area contributed by atoms with E-state index in [0.717, 1.165) is 36.6 Å². The molecule has 124 valence electrons. The number of carbonyl (C=O) groups is 2. The number of carbonyl (C=O) groups excluding carboxylic acids is 2. The third-order valence-electron chi connectivity index (χ3n) is 4.80. The number of benzene rings is 1. The van der Waals surface area contributed by atoms with Crippen LogP contribution in [-0.4, -0.2) is 60.9 Å². The van der Waals surface area contributed by atoms with Crippen LogP contribution in [0.4, 0.5) is 5.69 Å². The molecule has 2 fully saturated rings. The standard InChI is InChI=1S/C17H22ClN3O2/c1-19-15(7-4-8-16(19)22)17(23)21-11-9-20(10-12-21)14-6-3-2-5-13(14)18/h2-3,5-6,15H,4,7-12H2,1H3. The van der Waals surface area contributed by atoms with Gasteiger partial charge in [-0.1, -0.05) is 23.7 Å². The third kappa shape index (κ3) is 3.29. The van der Waals surface area contributed by atoms with Gasteiger partial charge in [0.1, 0.15) is 6.04 Å². The summed E-state index contributed by atoms with van der Waals surface area (Å²) in [5.74, 6) is 0.156. The van der Waals surface area contributed by atoms with Crippen molar-refractivity contribution in [2.45, 2.75) is 25.3 Å². The minimum Gasteiger partial charge on any atom is -0.367 e. The predicted molar refractivity (Wildman–Crippen MR) is 90.7 cm³/mol. The lowest BCUT2D eigenvalue weighted by molar-refractivity contribution is -0.147. The molecule has 0 bridgehead atoms. The Labute approximate surface area is 141 Å². The second-order valence-electron chi connectivity index (χ2n) is 6.18. The van der Waals surface area contributed by atoms with Crippen molar-refractivity contribution in [3.8, 4) is 0 Å². The first-order valence-corrected chi connectivity index (χ1v) is 8.49. The fourth-order valence-corrected chi connectivity index (χ4v) is 3.62. The van der Waals surface area contributed by atoms with E-state index in [1.807, 2.05) is 29.2 Å².